The highest BCUT2D eigenvalue weighted by Gasteiger charge is 2.30. The topological polar surface area (TPSA) is 83.8 Å². The van der Waals surface area contributed by atoms with Gasteiger partial charge in [-0.2, -0.15) is 0 Å². The molecule has 7 nitrogen and oxygen atoms in total. The summed E-state index contributed by atoms with van der Waals surface area (Å²) in [4.78, 5) is 31.0. The molecule has 0 bridgehead atoms. The Hall–Kier alpha value is -3.00. The summed E-state index contributed by atoms with van der Waals surface area (Å²) in [5, 5.41) is 2.89. The zero-order chi connectivity index (χ0) is 20.7. The van der Waals surface area contributed by atoms with Crippen LogP contribution >= 0.6 is 0 Å². The fourth-order valence-electron chi connectivity index (χ4n) is 3.69. The summed E-state index contributed by atoms with van der Waals surface area (Å²) < 4.78 is 13.5. The first-order valence-electron chi connectivity index (χ1n) is 10.1. The highest BCUT2D eigenvalue weighted by molar-refractivity contribution is 7.85. The minimum Gasteiger partial charge on any atom is -0.337 e. The third-order valence-electron chi connectivity index (χ3n) is 5.58. The lowest BCUT2D eigenvalue weighted by molar-refractivity contribution is -0.117. The van der Waals surface area contributed by atoms with Crippen molar-refractivity contribution in [3.63, 3.8) is 0 Å². The fourth-order valence-corrected chi connectivity index (χ4v) is 4.74. The number of carbonyl (C=O) groups excluding carboxylic acids is 2. The van der Waals surface area contributed by atoms with Crippen molar-refractivity contribution in [1.29, 1.82) is 0 Å². The van der Waals surface area contributed by atoms with Crippen LogP contribution in [0.1, 0.15) is 23.2 Å². The van der Waals surface area contributed by atoms with E-state index in [9.17, 15) is 13.8 Å². The maximum absolute atomic E-state index is 12.7. The highest BCUT2D eigenvalue weighted by atomic mass is 32.2. The van der Waals surface area contributed by atoms with Crippen LogP contribution in [0.15, 0.2) is 48.7 Å². The van der Waals surface area contributed by atoms with Crippen molar-refractivity contribution in [3.8, 4) is 11.3 Å². The third kappa shape index (κ3) is 3.75. The van der Waals surface area contributed by atoms with Crippen LogP contribution in [-0.2, 0) is 15.6 Å². The molecule has 2 fully saturated rings. The first-order valence-corrected chi connectivity index (χ1v) is 11.6. The number of nitrogens with one attached hydrogen (secondary N) is 1. The van der Waals surface area contributed by atoms with Crippen molar-refractivity contribution in [2.24, 2.45) is 5.92 Å². The fraction of sp³-hybridized carbons (Fsp3) is 0.318. The van der Waals surface area contributed by atoms with Gasteiger partial charge in [-0.05, 0) is 42.7 Å². The maximum Gasteiger partial charge on any atom is 0.253 e. The van der Waals surface area contributed by atoms with Gasteiger partial charge >= 0.3 is 0 Å². The predicted octanol–water partition coefficient (Wildman–Crippen LogP) is 2.55. The molecule has 30 heavy (non-hydrogen) atoms. The zero-order valence-electron chi connectivity index (χ0n) is 16.4. The number of anilines is 1. The van der Waals surface area contributed by atoms with Crippen LogP contribution in [0.4, 0.5) is 5.82 Å². The summed E-state index contributed by atoms with van der Waals surface area (Å²) in [5.74, 6) is 1.78. The Morgan fingerprint density at radius 2 is 1.77 bits per heavy atom. The van der Waals surface area contributed by atoms with Gasteiger partial charge in [0, 0.05) is 46.9 Å². The van der Waals surface area contributed by atoms with E-state index < -0.39 is 10.8 Å². The van der Waals surface area contributed by atoms with E-state index >= 15 is 0 Å². The summed E-state index contributed by atoms with van der Waals surface area (Å²) in [5.41, 5.74) is 3.26. The number of hydrogen-bond donors (Lipinski definition) is 1. The molecule has 1 aromatic carbocycles. The second-order valence-electron chi connectivity index (χ2n) is 7.75. The van der Waals surface area contributed by atoms with E-state index in [1.54, 1.807) is 4.90 Å². The molecule has 1 aliphatic carbocycles. The molecule has 8 heteroatoms. The van der Waals surface area contributed by atoms with Crippen molar-refractivity contribution < 1.29 is 13.8 Å². The van der Waals surface area contributed by atoms with Gasteiger partial charge in [0.2, 0.25) is 5.91 Å². The van der Waals surface area contributed by atoms with Crippen LogP contribution in [0.3, 0.4) is 0 Å². The number of imidazole rings is 1. The molecule has 0 atom stereocenters. The van der Waals surface area contributed by atoms with Gasteiger partial charge in [-0.15, -0.1) is 0 Å². The predicted molar refractivity (Wildman–Crippen MR) is 116 cm³/mol. The lowest BCUT2D eigenvalue weighted by Crippen LogP contribution is -2.41. The summed E-state index contributed by atoms with van der Waals surface area (Å²) >= 11 is 0. The molecule has 1 aliphatic heterocycles. The van der Waals surface area contributed by atoms with Gasteiger partial charge in [0.15, 0.2) is 5.82 Å². The summed E-state index contributed by atoms with van der Waals surface area (Å²) in [6.45, 7) is 1.08. The van der Waals surface area contributed by atoms with Crippen molar-refractivity contribution in [3.05, 3.63) is 54.2 Å². The van der Waals surface area contributed by atoms with Gasteiger partial charge in [-0.3, -0.25) is 18.2 Å². The van der Waals surface area contributed by atoms with E-state index in [0.29, 0.717) is 36.0 Å². The smallest absolute Gasteiger partial charge is 0.253 e. The number of nitrogens with zero attached hydrogens (tertiary/aromatic N) is 3. The van der Waals surface area contributed by atoms with Crippen molar-refractivity contribution in [1.82, 2.24) is 14.3 Å². The summed E-state index contributed by atoms with van der Waals surface area (Å²) in [6, 6.07) is 13.3. The van der Waals surface area contributed by atoms with Gasteiger partial charge in [0.1, 0.15) is 5.65 Å². The zero-order valence-corrected chi connectivity index (χ0v) is 17.2. The molecule has 1 saturated heterocycles. The van der Waals surface area contributed by atoms with E-state index in [0.717, 1.165) is 29.7 Å². The van der Waals surface area contributed by atoms with E-state index in [2.05, 4.69) is 10.3 Å². The van der Waals surface area contributed by atoms with Crippen LogP contribution < -0.4 is 5.32 Å². The molecule has 2 amide bonds. The van der Waals surface area contributed by atoms with Crippen LogP contribution in [0.5, 0.6) is 0 Å². The van der Waals surface area contributed by atoms with E-state index in [-0.39, 0.29) is 17.7 Å². The quantitative estimate of drug-likeness (QED) is 0.700. The molecule has 3 heterocycles. The molecular formula is C22H22N4O3S. The number of aromatic nitrogens is 2. The number of hydrogen-bond acceptors (Lipinski definition) is 4. The molecular weight excluding hydrogens is 400 g/mol. The van der Waals surface area contributed by atoms with Crippen LogP contribution in [0.2, 0.25) is 0 Å². The van der Waals surface area contributed by atoms with Crippen molar-refractivity contribution >= 4 is 34.1 Å². The molecule has 1 N–H and O–H groups in total. The molecule has 1 saturated carbocycles. The molecule has 154 valence electrons. The first-order chi connectivity index (χ1) is 14.6. The number of pyridine rings is 1. The van der Waals surface area contributed by atoms with Crippen LogP contribution in [0, 0.1) is 5.92 Å². The van der Waals surface area contributed by atoms with Gasteiger partial charge < -0.3 is 10.2 Å². The standard InChI is InChI=1S/C22H22N4O3S/c27-21(16-6-7-16)24-19-14-26-18(2-1-3-20(26)23-19)15-4-8-17(9-5-15)22(28)25-10-12-30(29)13-11-25/h1-5,8-9,14,16H,6-7,10-13H2,(H,24,27). The van der Waals surface area contributed by atoms with Crippen LogP contribution in [-0.4, -0.2) is 54.9 Å². The number of fused-ring (bicyclic) bond motifs is 1. The van der Waals surface area contributed by atoms with E-state index in [4.69, 9.17) is 0 Å². The Labute approximate surface area is 176 Å². The Balaban J connectivity index is 1.38. The van der Waals surface area contributed by atoms with E-state index in [1.165, 1.54) is 0 Å². The minimum atomic E-state index is -0.806. The largest absolute Gasteiger partial charge is 0.337 e. The van der Waals surface area contributed by atoms with E-state index in [1.807, 2.05) is 53.1 Å². The molecule has 2 aromatic heterocycles. The maximum atomic E-state index is 12.7. The normalized spacial score (nSPS) is 17.3. The molecule has 2 aliphatic rings. The summed E-state index contributed by atoms with van der Waals surface area (Å²) in [7, 11) is -0.806. The van der Waals surface area contributed by atoms with Gasteiger partial charge in [-0.25, -0.2) is 4.98 Å². The average Bonchev–Trinajstić information content (AvgIpc) is 3.54. The Morgan fingerprint density at radius 1 is 1.03 bits per heavy atom. The summed E-state index contributed by atoms with van der Waals surface area (Å²) in [6.07, 6.45) is 3.73. The number of rotatable bonds is 4. The highest BCUT2D eigenvalue weighted by Crippen LogP contribution is 2.30. The first kappa shape index (κ1) is 19.0. The number of carbonyl (C=O) groups is 2. The molecule has 0 radical (unpaired) electrons. The van der Waals surface area contributed by atoms with Crippen molar-refractivity contribution in [2.45, 2.75) is 12.8 Å². The Bertz CT molecular complexity index is 1140. The Kier molecular flexibility index (Phi) is 4.86. The average molecular weight is 423 g/mol. The SMILES string of the molecule is O=C(Nc1cn2c(-c3ccc(C(=O)N4CCS(=O)CC4)cc3)cccc2n1)C1CC1. The molecule has 5 rings (SSSR count). The van der Waals surface area contributed by atoms with Crippen molar-refractivity contribution in [2.75, 3.05) is 29.9 Å². The minimum absolute atomic E-state index is 0.0239. The second-order valence-corrected chi connectivity index (χ2v) is 9.44. The lowest BCUT2D eigenvalue weighted by atomic mass is 10.1. The number of benzene rings is 1. The lowest BCUT2D eigenvalue weighted by Gasteiger charge is -2.26. The van der Waals surface area contributed by atoms with Gasteiger partial charge in [-0.1, -0.05) is 18.2 Å². The monoisotopic (exact) mass is 422 g/mol. The molecule has 0 unspecified atom stereocenters. The molecule has 3 aromatic rings. The second kappa shape index (κ2) is 7.68. The third-order valence-corrected chi connectivity index (χ3v) is 6.86. The van der Waals surface area contributed by atoms with Gasteiger partial charge in [0.25, 0.3) is 5.91 Å². The van der Waals surface area contributed by atoms with Crippen LogP contribution in [0.25, 0.3) is 16.9 Å². The van der Waals surface area contributed by atoms with Gasteiger partial charge in [0.05, 0.1) is 11.9 Å². The molecule has 0 spiro atoms. The Morgan fingerprint density at radius 3 is 2.47 bits per heavy atom. The number of amides is 2.